The average molecular weight is 469 g/mol. The fourth-order valence-electron chi connectivity index (χ4n) is 4.03. The van der Waals surface area contributed by atoms with Crippen LogP contribution in [0.25, 0.3) is 17.2 Å². The predicted molar refractivity (Wildman–Crippen MR) is 133 cm³/mol. The van der Waals surface area contributed by atoms with E-state index < -0.39 is 23.8 Å². The minimum atomic E-state index is -0.898. The lowest BCUT2D eigenvalue weighted by atomic mass is 9.96. The predicted octanol–water partition coefficient (Wildman–Crippen LogP) is 5.44. The minimum absolute atomic E-state index is 0.00298. The number of carboxylic acids is 1. The number of aromatic nitrogens is 1. The first-order valence-electron chi connectivity index (χ1n) is 11.3. The van der Waals surface area contributed by atoms with E-state index in [4.69, 9.17) is 10.8 Å². The van der Waals surface area contributed by atoms with E-state index in [1.54, 1.807) is 12.2 Å². The number of carbonyl (C=O) groups excluding carboxylic acids is 1. The highest BCUT2D eigenvalue weighted by molar-refractivity contribution is 6.03. The number of hydrogen-bond acceptors (Lipinski definition) is 3. The summed E-state index contributed by atoms with van der Waals surface area (Å²) in [5.41, 5.74) is 9.11. The van der Waals surface area contributed by atoms with Crippen molar-refractivity contribution in [3.8, 4) is 11.1 Å². The van der Waals surface area contributed by atoms with Crippen molar-refractivity contribution in [1.29, 1.82) is 0 Å². The van der Waals surface area contributed by atoms with E-state index >= 15 is 0 Å². The molecule has 4 N–H and O–H groups in total. The molecule has 1 heterocycles. The van der Waals surface area contributed by atoms with Crippen LogP contribution in [0.15, 0.2) is 61.0 Å². The highest BCUT2D eigenvalue weighted by Crippen LogP contribution is 2.37. The van der Waals surface area contributed by atoms with Crippen LogP contribution in [0.4, 0.5) is 4.39 Å². The smallest absolute Gasteiger partial charge is 0.303 e. The van der Waals surface area contributed by atoms with Crippen molar-refractivity contribution >= 4 is 18.0 Å². The van der Waals surface area contributed by atoms with E-state index in [-0.39, 0.29) is 12.3 Å². The summed E-state index contributed by atoms with van der Waals surface area (Å²) < 4.78 is 15.6. The molecule has 1 atom stereocenters. The van der Waals surface area contributed by atoms with Gasteiger partial charge in [-0.25, -0.2) is 4.39 Å². The third-order valence-electron chi connectivity index (χ3n) is 5.52. The maximum atomic E-state index is 13.7. The molecule has 6 nitrogen and oxygen atoms in total. The first-order chi connectivity index (χ1) is 16.2. The van der Waals surface area contributed by atoms with Gasteiger partial charge >= 0.3 is 5.97 Å². The molecule has 2 rings (SSSR count). The van der Waals surface area contributed by atoms with Crippen LogP contribution in [-0.2, 0) is 11.3 Å². The Morgan fingerprint density at radius 2 is 1.88 bits per heavy atom. The average Bonchev–Trinajstić information content (AvgIpc) is 3.12. The zero-order valence-electron chi connectivity index (χ0n) is 19.7. The minimum Gasteiger partial charge on any atom is -0.481 e. The number of nitrogens with two attached hydrogens (primary N) is 1. The van der Waals surface area contributed by atoms with Gasteiger partial charge in [-0.05, 0) is 49.0 Å². The summed E-state index contributed by atoms with van der Waals surface area (Å²) in [6.07, 6.45) is 6.04. The normalized spacial score (nSPS) is 12.9. The fraction of sp³-hybridized carbons (Fsp3) is 0.333. The van der Waals surface area contributed by atoms with Crippen LogP contribution in [0, 0.1) is 0 Å². The Morgan fingerprint density at radius 3 is 2.44 bits per heavy atom. The van der Waals surface area contributed by atoms with Crippen molar-refractivity contribution in [2.75, 3.05) is 0 Å². The summed E-state index contributed by atoms with van der Waals surface area (Å²) in [6.45, 7) is 7.71. The molecule has 0 saturated heterocycles. The number of carbonyl (C=O) groups is 2. The molecule has 182 valence electrons. The molecule has 1 amide bonds. The number of carboxylic acid groups (broad SMARTS) is 1. The van der Waals surface area contributed by atoms with Gasteiger partial charge < -0.3 is 20.5 Å². The summed E-state index contributed by atoms with van der Waals surface area (Å²) in [4.78, 5) is 23.4. The van der Waals surface area contributed by atoms with Crippen LogP contribution < -0.4 is 5.73 Å². The van der Waals surface area contributed by atoms with E-state index in [1.165, 1.54) is 6.08 Å². The molecular formula is C27H33FN2O4. The number of nitrogens with zero attached hydrogens (tertiary/aromatic N) is 1. The number of aliphatic carboxylic acids is 1. The Kier molecular flexibility index (Phi) is 10.0. The third kappa shape index (κ3) is 7.02. The second-order valence-electron chi connectivity index (χ2n) is 8.40. The van der Waals surface area contributed by atoms with Crippen LogP contribution in [-0.4, -0.2) is 32.8 Å². The zero-order chi connectivity index (χ0) is 25.3. The van der Waals surface area contributed by atoms with E-state index in [0.29, 0.717) is 42.6 Å². The number of aliphatic hydroxyl groups excluding tert-OH is 1. The van der Waals surface area contributed by atoms with Gasteiger partial charge in [-0.2, -0.15) is 0 Å². The summed E-state index contributed by atoms with van der Waals surface area (Å²) >= 11 is 0. The summed E-state index contributed by atoms with van der Waals surface area (Å²) in [5, 5.41) is 19.3. The summed E-state index contributed by atoms with van der Waals surface area (Å²) in [6, 6.07) is 9.37. The number of rotatable bonds is 13. The zero-order valence-corrected chi connectivity index (χ0v) is 19.7. The molecule has 1 unspecified atom stereocenters. The van der Waals surface area contributed by atoms with Gasteiger partial charge in [-0.1, -0.05) is 56.8 Å². The van der Waals surface area contributed by atoms with Gasteiger partial charge in [-0.3, -0.25) is 9.59 Å². The maximum absolute atomic E-state index is 13.7. The van der Waals surface area contributed by atoms with Gasteiger partial charge in [0, 0.05) is 29.9 Å². The Hall–Kier alpha value is -3.45. The Bertz CT molecular complexity index is 1070. The number of amides is 1. The van der Waals surface area contributed by atoms with Gasteiger partial charge in [0.05, 0.1) is 11.7 Å². The SMILES string of the molecule is C=C/C(F)=C\C=C\c1c(-c2ccccc2)c(C(N)=O)c(C(C)C)n1CCC(O)CCCC(=O)O. The number of primary amides is 1. The van der Waals surface area contributed by atoms with Gasteiger partial charge in [0.25, 0.3) is 5.91 Å². The number of aliphatic hydroxyl groups is 1. The molecule has 2 aromatic rings. The molecule has 0 saturated carbocycles. The van der Waals surface area contributed by atoms with Crippen LogP contribution in [0.1, 0.15) is 67.2 Å². The van der Waals surface area contributed by atoms with E-state index in [2.05, 4.69) is 6.58 Å². The summed E-state index contributed by atoms with van der Waals surface area (Å²) in [7, 11) is 0. The van der Waals surface area contributed by atoms with E-state index in [0.717, 1.165) is 17.3 Å². The van der Waals surface area contributed by atoms with Gasteiger partial charge in [-0.15, -0.1) is 0 Å². The summed E-state index contributed by atoms with van der Waals surface area (Å²) in [5.74, 6) is -2.02. The lowest BCUT2D eigenvalue weighted by Crippen LogP contribution is -2.18. The largest absolute Gasteiger partial charge is 0.481 e. The van der Waals surface area contributed by atoms with Crippen molar-refractivity contribution in [1.82, 2.24) is 4.57 Å². The molecule has 7 heteroatoms. The second kappa shape index (κ2) is 12.7. The molecule has 0 radical (unpaired) electrons. The lowest BCUT2D eigenvalue weighted by Gasteiger charge is -2.17. The fourth-order valence-corrected chi connectivity index (χ4v) is 4.03. The van der Waals surface area contributed by atoms with E-state index in [9.17, 15) is 19.1 Å². The Balaban J connectivity index is 2.62. The van der Waals surface area contributed by atoms with Gasteiger partial charge in [0.2, 0.25) is 0 Å². The van der Waals surface area contributed by atoms with Crippen LogP contribution in [0.2, 0.25) is 0 Å². The first-order valence-corrected chi connectivity index (χ1v) is 11.3. The third-order valence-corrected chi connectivity index (χ3v) is 5.52. The standard InChI is InChI=1S/C27H33FN2O4/c1-4-20(28)12-8-14-22-24(19-10-6-5-7-11-19)25(27(29)34)26(18(2)3)30(22)17-16-21(31)13-9-15-23(32)33/h4-8,10-12,14,18,21,31H,1,9,13,15-17H2,2-3H3,(H2,29,34)(H,32,33)/b14-8+,20-12+. The molecule has 0 spiro atoms. The van der Waals surface area contributed by atoms with Crippen LogP contribution >= 0.6 is 0 Å². The Morgan fingerprint density at radius 1 is 1.21 bits per heavy atom. The van der Waals surface area contributed by atoms with Crippen LogP contribution in [0.3, 0.4) is 0 Å². The van der Waals surface area contributed by atoms with E-state index in [1.807, 2.05) is 48.7 Å². The molecule has 1 aromatic heterocycles. The number of halogens is 1. The van der Waals surface area contributed by atoms with Crippen molar-refractivity contribution in [3.05, 3.63) is 77.9 Å². The van der Waals surface area contributed by atoms with Crippen molar-refractivity contribution < 1.29 is 24.2 Å². The number of allylic oxidation sites excluding steroid dienone is 4. The molecular weight excluding hydrogens is 435 g/mol. The van der Waals surface area contributed by atoms with Gasteiger partial charge in [0.15, 0.2) is 0 Å². The van der Waals surface area contributed by atoms with Crippen molar-refractivity contribution in [2.24, 2.45) is 5.73 Å². The quantitative estimate of drug-likeness (QED) is 0.341. The number of hydrogen-bond donors (Lipinski definition) is 3. The molecule has 0 aliphatic rings. The molecule has 0 fully saturated rings. The molecule has 1 aromatic carbocycles. The van der Waals surface area contributed by atoms with Gasteiger partial charge in [0.1, 0.15) is 5.83 Å². The van der Waals surface area contributed by atoms with Crippen molar-refractivity contribution in [2.45, 2.75) is 58.1 Å². The highest BCUT2D eigenvalue weighted by atomic mass is 19.1. The van der Waals surface area contributed by atoms with Crippen molar-refractivity contribution in [3.63, 3.8) is 0 Å². The molecule has 0 aliphatic carbocycles. The van der Waals surface area contributed by atoms with Crippen LogP contribution in [0.5, 0.6) is 0 Å². The lowest BCUT2D eigenvalue weighted by molar-refractivity contribution is -0.137. The highest BCUT2D eigenvalue weighted by Gasteiger charge is 2.27. The Labute approximate surface area is 199 Å². The molecule has 34 heavy (non-hydrogen) atoms. The topological polar surface area (TPSA) is 106 Å². The first kappa shape index (κ1) is 26.8. The second-order valence-corrected chi connectivity index (χ2v) is 8.40. The maximum Gasteiger partial charge on any atom is 0.303 e. The monoisotopic (exact) mass is 468 g/mol. The number of benzene rings is 1. The molecule has 0 bridgehead atoms. The molecule has 0 aliphatic heterocycles.